The van der Waals surface area contributed by atoms with Crippen LogP contribution in [0.3, 0.4) is 0 Å². The Bertz CT molecular complexity index is 703. The van der Waals surface area contributed by atoms with Gasteiger partial charge in [-0.2, -0.15) is 0 Å². The van der Waals surface area contributed by atoms with Gasteiger partial charge in [-0.05, 0) is 24.1 Å². The first-order valence-corrected chi connectivity index (χ1v) is 7.11. The molecule has 2 aromatic carbocycles. The van der Waals surface area contributed by atoms with Gasteiger partial charge >= 0.3 is 0 Å². The molecule has 1 N–H and O–H groups in total. The molecule has 0 saturated carbocycles. The highest BCUT2D eigenvalue weighted by molar-refractivity contribution is 6.22. The van der Waals surface area contributed by atoms with Crippen molar-refractivity contribution in [3.8, 4) is 0 Å². The highest BCUT2D eigenvalue weighted by Crippen LogP contribution is 2.40. The molecule has 0 heterocycles. The molecular formula is C19H16O3. The minimum absolute atomic E-state index is 0.523. The lowest BCUT2D eigenvalue weighted by Crippen LogP contribution is -2.56. The summed E-state index contributed by atoms with van der Waals surface area (Å²) in [7, 11) is 0. The summed E-state index contributed by atoms with van der Waals surface area (Å²) in [4.78, 5) is 25.0. The van der Waals surface area contributed by atoms with Crippen molar-refractivity contribution in [3.05, 3.63) is 83.9 Å². The van der Waals surface area contributed by atoms with Gasteiger partial charge in [0.05, 0.1) is 0 Å². The number of allylic oxidation sites excluding steroid dienone is 1. The van der Waals surface area contributed by atoms with Crippen molar-refractivity contribution < 1.29 is 14.7 Å². The van der Waals surface area contributed by atoms with Gasteiger partial charge in [0.1, 0.15) is 5.41 Å². The van der Waals surface area contributed by atoms with Crippen LogP contribution in [0.1, 0.15) is 18.1 Å². The third kappa shape index (κ3) is 1.94. The average Bonchev–Trinajstić information content (AvgIpc) is 2.56. The van der Waals surface area contributed by atoms with E-state index < -0.39 is 22.6 Å². The summed E-state index contributed by atoms with van der Waals surface area (Å²) in [5.74, 6) is -1.11. The molecule has 0 aliphatic heterocycles. The van der Waals surface area contributed by atoms with E-state index in [4.69, 9.17) is 0 Å². The second-order valence-electron chi connectivity index (χ2n) is 5.64. The van der Waals surface area contributed by atoms with Crippen LogP contribution < -0.4 is 0 Å². The van der Waals surface area contributed by atoms with Gasteiger partial charge in [-0.1, -0.05) is 66.7 Å². The van der Waals surface area contributed by atoms with Crippen LogP contribution in [0.25, 0.3) is 0 Å². The van der Waals surface area contributed by atoms with Crippen molar-refractivity contribution >= 4 is 11.6 Å². The quantitative estimate of drug-likeness (QED) is 0.865. The molecular weight excluding hydrogens is 276 g/mol. The molecule has 110 valence electrons. The number of carbonyl (C=O) groups is 2. The maximum atomic E-state index is 13.1. The Kier molecular flexibility index (Phi) is 3.30. The minimum atomic E-state index is -2.03. The predicted molar refractivity (Wildman–Crippen MR) is 83.4 cm³/mol. The molecule has 1 unspecified atom stereocenters. The minimum Gasteiger partial charge on any atom is -0.374 e. The molecule has 0 amide bonds. The van der Waals surface area contributed by atoms with E-state index in [-0.39, 0.29) is 0 Å². The summed E-state index contributed by atoms with van der Waals surface area (Å²) >= 11 is 0. The number of hydrogen-bond donors (Lipinski definition) is 1. The van der Waals surface area contributed by atoms with Crippen LogP contribution in [0.4, 0.5) is 0 Å². The maximum absolute atomic E-state index is 13.1. The van der Waals surface area contributed by atoms with Gasteiger partial charge in [0.2, 0.25) is 0 Å². The molecule has 0 spiro atoms. The van der Waals surface area contributed by atoms with Crippen molar-refractivity contribution in [1.29, 1.82) is 0 Å². The van der Waals surface area contributed by atoms with Crippen LogP contribution in [0.2, 0.25) is 0 Å². The molecule has 3 rings (SSSR count). The SMILES string of the molecule is CC1(O)C(=O)C=CC(c2ccccc2)(c2ccccc2)C1=O. The van der Waals surface area contributed by atoms with Gasteiger partial charge in [-0.15, -0.1) is 0 Å². The molecule has 0 saturated heterocycles. The molecule has 1 aliphatic carbocycles. The summed E-state index contributed by atoms with van der Waals surface area (Å²) in [6.07, 6.45) is 2.90. The van der Waals surface area contributed by atoms with Crippen LogP contribution in [0.15, 0.2) is 72.8 Å². The van der Waals surface area contributed by atoms with E-state index in [9.17, 15) is 14.7 Å². The van der Waals surface area contributed by atoms with E-state index in [1.807, 2.05) is 60.7 Å². The van der Waals surface area contributed by atoms with E-state index in [1.54, 1.807) is 6.08 Å². The first kappa shape index (κ1) is 14.4. The summed E-state index contributed by atoms with van der Waals surface area (Å²) in [5, 5.41) is 10.4. The molecule has 3 heteroatoms. The lowest BCUT2D eigenvalue weighted by Gasteiger charge is -2.38. The molecule has 2 aromatic rings. The largest absolute Gasteiger partial charge is 0.374 e. The summed E-state index contributed by atoms with van der Waals surface area (Å²) in [5.41, 5.74) is -1.72. The highest BCUT2D eigenvalue weighted by Gasteiger charge is 2.53. The Hall–Kier alpha value is -2.52. The Balaban J connectivity index is 2.33. The first-order valence-electron chi connectivity index (χ1n) is 7.11. The third-order valence-electron chi connectivity index (χ3n) is 4.22. The van der Waals surface area contributed by atoms with Crippen LogP contribution in [0.5, 0.6) is 0 Å². The van der Waals surface area contributed by atoms with Crippen LogP contribution >= 0.6 is 0 Å². The van der Waals surface area contributed by atoms with Crippen molar-refractivity contribution in [1.82, 2.24) is 0 Å². The number of Topliss-reactive ketones (excluding diaryl/α,β-unsaturated/α-hetero) is 1. The number of carbonyl (C=O) groups excluding carboxylic acids is 2. The molecule has 3 nitrogen and oxygen atoms in total. The van der Waals surface area contributed by atoms with Crippen molar-refractivity contribution in [2.45, 2.75) is 17.9 Å². The Morgan fingerprint density at radius 1 is 0.818 bits per heavy atom. The number of rotatable bonds is 2. The van der Waals surface area contributed by atoms with Crippen molar-refractivity contribution in [3.63, 3.8) is 0 Å². The fraction of sp³-hybridized carbons (Fsp3) is 0.158. The zero-order valence-electron chi connectivity index (χ0n) is 12.2. The normalized spacial score (nSPS) is 23.5. The monoisotopic (exact) mass is 292 g/mol. The topological polar surface area (TPSA) is 54.4 Å². The smallest absolute Gasteiger partial charge is 0.194 e. The van der Waals surface area contributed by atoms with E-state index >= 15 is 0 Å². The predicted octanol–water partition coefficient (Wildman–Crippen LogP) is 2.43. The Labute approximate surface area is 128 Å². The standard InChI is InChI=1S/C19H16O3/c1-18(22)16(20)12-13-19(17(18)21,14-8-4-2-5-9-14)15-10-6-3-7-11-15/h2-13,22H,1H3. The molecule has 0 radical (unpaired) electrons. The fourth-order valence-electron chi connectivity index (χ4n) is 2.96. The van der Waals surface area contributed by atoms with Crippen LogP contribution in [-0.4, -0.2) is 22.3 Å². The fourth-order valence-corrected chi connectivity index (χ4v) is 2.96. The Morgan fingerprint density at radius 3 is 1.73 bits per heavy atom. The van der Waals surface area contributed by atoms with E-state index in [0.29, 0.717) is 0 Å². The second kappa shape index (κ2) is 5.04. The lowest BCUT2D eigenvalue weighted by atomic mass is 9.63. The first-order chi connectivity index (χ1) is 10.5. The second-order valence-corrected chi connectivity index (χ2v) is 5.64. The van der Waals surface area contributed by atoms with Gasteiger partial charge in [0.15, 0.2) is 17.2 Å². The molecule has 0 bridgehead atoms. The number of ketones is 2. The lowest BCUT2D eigenvalue weighted by molar-refractivity contribution is -0.149. The van der Waals surface area contributed by atoms with Gasteiger partial charge in [-0.3, -0.25) is 9.59 Å². The number of aliphatic hydroxyl groups is 1. The van der Waals surface area contributed by atoms with Gasteiger partial charge in [-0.25, -0.2) is 0 Å². The zero-order chi connectivity index (χ0) is 15.8. The summed E-state index contributed by atoms with van der Waals surface area (Å²) in [6, 6.07) is 18.4. The van der Waals surface area contributed by atoms with Crippen LogP contribution in [0, 0.1) is 0 Å². The summed E-state index contributed by atoms with van der Waals surface area (Å²) < 4.78 is 0. The molecule has 0 fully saturated rings. The van der Waals surface area contributed by atoms with E-state index in [1.165, 1.54) is 13.0 Å². The molecule has 1 atom stereocenters. The van der Waals surface area contributed by atoms with Gasteiger partial charge in [0, 0.05) is 0 Å². The molecule has 22 heavy (non-hydrogen) atoms. The van der Waals surface area contributed by atoms with Gasteiger partial charge in [0.25, 0.3) is 0 Å². The van der Waals surface area contributed by atoms with E-state index in [2.05, 4.69) is 0 Å². The number of benzene rings is 2. The van der Waals surface area contributed by atoms with Crippen molar-refractivity contribution in [2.75, 3.05) is 0 Å². The maximum Gasteiger partial charge on any atom is 0.194 e. The zero-order valence-corrected chi connectivity index (χ0v) is 12.2. The number of hydrogen-bond acceptors (Lipinski definition) is 3. The van der Waals surface area contributed by atoms with Crippen LogP contribution in [-0.2, 0) is 15.0 Å². The van der Waals surface area contributed by atoms with E-state index in [0.717, 1.165) is 11.1 Å². The molecule has 1 aliphatic rings. The Morgan fingerprint density at radius 2 is 1.27 bits per heavy atom. The average molecular weight is 292 g/mol. The van der Waals surface area contributed by atoms with Crippen molar-refractivity contribution in [2.24, 2.45) is 0 Å². The highest BCUT2D eigenvalue weighted by atomic mass is 16.3. The summed E-state index contributed by atoms with van der Waals surface area (Å²) in [6.45, 7) is 1.27. The molecule has 0 aromatic heterocycles. The van der Waals surface area contributed by atoms with Gasteiger partial charge < -0.3 is 5.11 Å². The third-order valence-corrected chi connectivity index (χ3v) is 4.22.